The molecule has 3 nitrogen and oxygen atoms in total. The molecule has 5 heteroatoms. The lowest BCUT2D eigenvalue weighted by Crippen LogP contribution is -2.00. The van der Waals surface area contributed by atoms with Crippen molar-refractivity contribution in [3.63, 3.8) is 0 Å². The van der Waals surface area contributed by atoms with Gasteiger partial charge in [0.2, 0.25) is 0 Å². The molecule has 0 atom stereocenters. The molecule has 84 valence electrons. The maximum Gasteiger partial charge on any atom is 0.141 e. The van der Waals surface area contributed by atoms with E-state index in [1.807, 2.05) is 6.20 Å². The normalized spacial score (nSPS) is 10.7. The first kappa shape index (κ1) is 11.1. The maximum atomic E-state index is 12.9. The molecular weight excluding hydrogens is 229 g/mol. The fourth-order valence-electron chi connectivity index (χ4n) is 1.42. The predicted octanol–water partition coefficient (Wildman–Crippen LogP) is 2.18. The Morgan fingerprint density at radius 3 is 2.81 bits per heavy atom. The summed E-state index contributed by atoms with van der Waals surface area (Å²) in [6, 6.07) is 4.64. The van der Waals surface area contributed by atoms with Crippen molar-refractivity contribution < 1.29 is 4.39 Å². The fourth-order valence-corrected chi connectivity index (χ4v) is 1.63. The molecule has 2 N–H and O–H groups in total. The molecule has 2 aromatic rings. The highest BCUT2D eigenvalue weighted by atomic mass is 35.5. The van der Waals surface area contributed by atoms with Gasteiger partial charge in [-0.15, -0.1) is 0 Å². The van der Waals surface area contributed by atoms with E-state index < -0.39 is 5.82 Å². The molecule has 0 spiro atoms. The van der Waals surface area contributed by atoms with Gasteiger partial charge in [-0.05, 0) is 17.7 Å². The van der Waals surface area contributed by atoms with Gasteiger partial charge in [0.05, 0.1) is 17.8 Å². The second kappa shape index (κ2) is 4.63. The first-order valence-electron chi connectivity index (χ1n) is 4.84. The van der Waals surface area contributed by atoms with Crippen molar-refractivity contribution in [2.75, 3.05) is 0 Å². The Balaban J connectivity index is 2.17. The molecule has 1 heterocycles. The van der Waals surface area contributed by atoms with Gasteiger partial charge in [-0.1, -0.05) is 17.7 Å². The van der Waals surface area contributed by atoms with Gasteiger partial charge in [0.15, 0.2) is 0 Å². The summed E-state index contributed by atoms with van der Waals surface area (Å²) in [5.41, 5.74) is 7.34. The number of aromatic nitrogens is 2. The predicted molar refractivity (Wildman–Crippen MR) is 60.6 cm³/mol. The van der Waals surface area contributed by atoms with Crippen LogP contribution in [0, 0.1) is 5.82 Å². The Morgan fingerprint density at radius 2 is 2.19 bits per heavy atom. The molecule has 1 aromatic carbocycles. The average Bonchev–Trinajstić information content (AvgIpc) is 2.71. The van der Waals surface area contributed by atoms with Gasteiger partial charge in [-0.3, -0.25) is 4.68 Å². The molecule has 0 aliphatic rings. The summed E-state index contributed by atoms with van der Waals surface area (Å²) in [5, 5.41) is 4.26. The Bertz CT molecular complexity index is 496. The summed E-state index contributed by atoms with van der Waals surface area (Å²) >= 11 is 5.69. The monoisotopic (exact) mass is 239 g/mol. The van der Waals surface area contributed by atoms with Gasteiger partial charge < -0.3 is 5.73 Å². The molecular formula is C11H11ClFN3. The smallest absolute Gasteiger partial charge is 0.141 e. The summed E-state index contributed by atoms with van der Waals surface area (Å²) < 4.78 is 14.7. The quantitative estimate of drug-likeness (QED) is 0.892. The van der Waals surface area contributed by atoms with E-state index in [0.717, 1.165) is 11.1 Å². The topological polar surface area (TPSA) is 43.8 Å². The first-order chi connectivity index (χ1) is 7.69. The van der Waals surface area contributed by atoms with Gasteiger partial charge >= 0.3 is 0 Å². The molecule has 0 aliphatic heterocycles. The summed E-state index contributed by atoms with van der Waals surface area (Å²) in [7, 11) is 0. The van der Waals surface area contributed by atoms with Crippen LogP contribution in [0.3, 0.4) is 0 Å². The molecule has 2 rings (SSSR count). The number of hydrogen-bond acceptors (Lipinski definition) is 2. The number of rotatable bonds is 3. The van der Waals surface area contributed by atoms with Crippen LogP contribution in [0.25, 0.3) is 0 Å². The minimum absolute atomic E-state index is 0.128. The highest BCUT2D eigenvalue weighted by Crippen LogP contribution is 2.16. The largest absolute Gasteiger partial charge is 0.326 e. The summed E-state index contributed by atoms with van der Waals surface area (Å²) in [6.07, 6.45) is 3.57. The third-order valence-electron chi connectivity index (χ3n) is 2.25. The molecule has 1 aromatic heterocycles. The lowest BCUT2D eigenvalue weighted by Gasteiger charge is -2.02. The van der Waals surface area contributed by atoms with Crippen LogP contribution in [-0.4, -0.2) is 9.78 Å². The van der Waals surface area contributed by atoms with Crippen LogP contribution in [-0.2, 0) is 13.1 Å². The molecule has 16 heavy (non-hydrogen) atoms. The Kier molecular flexibility index (Phi) is 3.22. The fraction of sp³-hybridized carbons (Fsp3) is 0.182. The number of benzene rings is 1. The van der Waals surface area contributed by atoms with Crippen molar-refractivity contribution in [3.05, 3.63) is 52.6 Å². The van der Waals surface area contributed by atoms with Crippen LogP contribution in [0.2, 0.25) is 5.02 Å². The van der Waals surface area contributed by atoms with Crippen LogP contribution in [0.1, 0.15) is 11.1 Å². The van der Waals surface area contributed by atoms with Crippen molar-refractivity contribution in [2.45, 2.75) is 13.1 Å². The third-order valence-corrected chi connectivity index (χ3v) is 2.54. The van der Waals surface area contributed by atoms with Crippen LogP contribution in [0.4, 0.5) is 4.39 Å². The zero-order valence-electron chi connectivity index (χ0n) is 8.53. The van der Waals surface area contributed by atoms with E-state index in [-0.39, 0.29) is 5.02 Å². The standard InChI is InChI=1S/C11H11ClFN3/c12-10-3-8(1-2-11(10)13)6-16-7-9(4-14)5-15-16/h1-3,5,7H,4,6,14H2. The molecule has 0 saturated heterocycles. The maximum absolute atomic E-state index is 12.9. The van der Waals surface area contributed by atoms with E-state index in [1.54, 1.807) is 23.0 Å². The van der Waals surface area contributed by atoms with E-state index in [4.69, 9.17) is 17.3 Å². The number of nitrogens with two attached hydrogens (primary N) is 1. The zero-order chi connectivity index (χ0) is 11.5. The molecule has 0 bridgehead atoms. The molecule has 0 saturated carbocycles. The van der Waals surface area contributed by atoms with Crippen LogP contribution in [0.15, 0.2) is 30.6 Å². The van der Waals surface area contributed by atoms with Crippen LogP contribution in [0.5, 0.6) is 0 Å². The second-order valence-electron chi connectivity index (χ2n) is 3.50. The lowest BCUT2D eigenvalue weighted by molar-refractivity contribution is 0.625. The SMILES string of the molecule is NCc1cnn(Cc2ccc(F)c(Cl)c2)c1. The van der Waals surface area contributed by atoms with E-state index in [1.165, 1.54) is 6.07 Å². The molecule has 0 amide bonds. The highest BCUT2D eigenvalue weighted by Gasteiger charge is 2.02. The van der Waals surface area contributed by atoms with Gasteiger partial charge in [-0.25, -0.2) is 4.39 Å². The van der Waals surface area contributed by atoms with E-state index in [2.05, 4.69) is 5.10 Å². The molecule has 0 aliphatic carbocycles. The van der Waals surface area contributed by atoms with Crippen molar-refractivity contribution >= 4 is 11.6 Å². The van der Waals surface area contributed by atoms with Gasteiger partial charge in [0.1, 0.15) is 5.82 Å². The van der Waals surface area contributed by atoms with Crippen molar-refractivity contribution in [1.29, 1.82) is 0 Å². The number of halogens is 2. The molecule has 0 radical (unpaired) electrons. The van der Waals surface area contributed by atoms with Crippen LogP contribution < -0.4 is 5.73 Å². The van der Waals surface area contributed by atoms with Crippen molar-refractivity contribution in [1.82, 2.24) is 9.78 Å². The van der Waals surface area contributed by atoms with Crippen molar-refractivity contribution in [3.8, 4) is 0 Å². The summed E-state index contributed by atoms with van der Waals surface area (Å²) in [4.78, 5) is 0. The third kappa shape index (κ3) is 2.40. The van der Waals surface area contributed by atoms with Gasteiger partial charge in [0.25, 0.3) is 0 Å². The van der Waals surface area contributed by atoms with E-state index in [9.17, 15) is 4.39 Å². The average molecular weight is 240 g/mol. The molecule has 0 fully saturated rings. The highest BCUT2D eigenvalue weighted by molar-refractivity contribution is 6.30. The lowest BCUT2D eigenvalue weighted by atomic mass is 10.2. The minimum atomic E-state index is -0.409. The Morgan fingerprint density at radius 1 is 1.38 bits per heavy atom. The number of nitrogens with zero attached hydrogens (tertiary/aromatic N) is 2. The van der Waals surface area contributed by atoms with Gasteiger partial charge in [0, 0.05) is 18.3 Å². The van der Waals surface area contributed by atoms with E-state index >= 15 is 0 Å². The first-order valence-corrected chi connectivity index (χ1v) is 5.22. The van der Waals surface area contributed by atoms with Crippen LogP contribution >= 0.6 is 11.6 Å². The minimum Gasteiger partial charge on any atom is -0.326 e. The second-order valence-corrected chi connectivity index (χ2v) is 3.91. The molecule has 0 unspecified atom stereocenters. The van der Waals surface area contributed by atoms with Crippen molar-refractivity contribution in [2.24, 2.45) is 5.73 Å². The number of hydrogen-bond donors (Lipinski definition) is 1. The Hall–Kier alpha value is -1.39. The zero-order valence-corrected chi connectivity index (χ0v) is 9.28. The van der Waals surface area contributed by atoms with E-state index in [0.29, 0.717) is 13.1 Å². The Labute approximate surface area is 97.6 Å². The van der Waals surface area contributed by atoms with Gasteiger partial charge in [-0.2, -0.15) is 5.10 Å². The summed E-state index contributed by atoms with van der Waals surface area (Å²) in [5.74, 6) is -0.409. The summed E-state index contributed by atoms with van der Waals surface area (Å²) in [6.45, 7) is 1.02.